The van der Waals surface area contributed by atoms with Crippen LogP contribution in [-0.4, -0.2) is 79.3 Å². The van der Waals surface area contributed by atoms with Crippen molar-refractivity contribution in [1.29, 1.82) is 0 Å². The minimum Gasteiger partial charge on any atom is -0.463 e. The largest absolute Gasteiger partial charge is 0.464 e. The van der Waals surface area contributed by atoms with Crippen LogP contribution < -0.4 is 0 Å². The van der Waals surface area contributed by atoms with Crippen LogP contribution in [0.3, 0.4) is 0 Å². The fourth-order valence-corrected chi connectivity index (χ4v) is 6.31. The van der Waals surface area contributed by atoms with Gasteiger partial charge in [0.15, 0.2) is 18.3 Å². The molecule has 0 aromatic carbocycles. The molecular formula is C25H37BO11. The van der Waals surface area contributed by atoms with Crippen molar-refractivity contribution in [2.24, 2.45) is 5.41 Å². The highest BCUT2D eigenvalue weighted by atomic mass is 16.7. The Bertz CT molecular complexity index is 940. The van der Waals surface area contributed by atoms with Crippen LogP contribution in [-0.2, 0) is 52.2 Å². The molecule has 2 bridgehead atoms. The molecule has 37 heavy (non-hydrogen) atoms. The zero-order chi connectivity index (χ0) is 27.6. The maximum Gasteiger partial charge on any atom is 0.464 e. The standard InChI is InChI=1S/C25H37BO11/c1-13(27)31-9-17-18(32-14(2)28)19(33-15(3)29)20(34-16(4)30)21(35-17)24-10-25(11-24,12-24)26-36-22(5,6)23(7,8)37-26/h17-21H,9-12H2,1-8H3/t17-,18-,19+,20-,21-,24?,25?/m1/s1. The van der Waals surface area contributed by atoms with Crippen molar-refractivity contribution in [1.82, 2.24) is 0 Å². The zero-order valence-corrected chi connectivity index (χ0v) is 22.8. The Hall–Kier alpha value is -2.18. The molecule has 11 nitrogen and oxygen atoms in total. The SMILES string of the molecule is CC(=O)OC[C@H]1O[C@@H](C23CC(B4OC(C)(C)C(C)(C)O4)(C2)C3)[C@H](OC(C)=O)[C@@H](OC(C)=O)[C@@H]1OC(C)=O. The highest BCUT2D eigenvalue weighted by Gasteiger charge is 2.80. The Morgan fingerprint density at radius 2 is 1.19 bits per heavy atom. The van der Waals surface area contributed by atoms with E-state index >= 15 is 0 Å². The second-order valence-electron chi connectivity index (χ2n) is 12.0. The van der Waals surface area contributed by atoms with Crippen LogP contribution in [0, 0.1) is 5.41 Å². The van der Waals surface area contributed by atoms with Gasteiger partial charge in [-0.15, -0.1) is 0 Å². The molecule has 2 aliphatic heterocycles. The second kappa shape index (κ2) is 9.23. The predicted molar refractivity (Wildman–Crippen MR) is 127 cm³/mol. The molecule has 2 saturated heterocycles. The van der Waals surface area contributed by atoms with E-state index in [-0.39, 0.29) is 19.0 Å². The maximum atomic E-state index is 12.1. The van der Waals surface area contributed by atoms with Crippen molar-refractivity contribution in [2.45, 2.75) is 122 Å². The Morgan fingerprint density at radius 1 is 0.730 bits per heavy atom. The van der Waals surface area contributed by atoms with Gasteiger partial charge in [0.2, 0.25) is 0 Å². The van der Waals surface area contributed by atoms with Crippen LogP contribution in [0.15, 0.2) is 0 Å². The van der Waals surface area contributed by atoms with Gasteiger partial charge < -0.3 is 33.0 Å². The van der Waals surface area contributed by atoms with E-state index in [0.717, 1.165) is 0 Å². The second-order valence-corrected chi connectivity index (χ2v) is 12.0. The van der Waals surface area contributed by atoms with Crippen LogP contribution in [0.1, 0.15) is 74.7 Å². The Kier molecular flexibility index (Phi) is 6.95. The molecule has 0 N–H and O–H groups in total. The van der Waals surface area contributed by atoms with Crippen molar-refractivity contribution >= 4 is 31.0 Å². The summed E-state index contributed by atoms with van der Waals surface area (Å²) < 4.78 is 41.0. The van der Waals surface area contributed by atoms with E-state index in [1.807, 2.05) is 27.7 Å². The number of esters is 4. The molecular weight excluding hydrogens is 487 g/mol. The van der Waals surface area contributed by atoms with Gasteiger partial charge in [-0.25, -0.2) is 0 Å². The molecule has 0 aromatic rings. The first-order valence-corrected chi connectivity index (χ1v) is 12.7. The van der Waals surface area contributed by atoms with Crippen molar-refractivity contribution < 1.29 is 52.2 Å². The van der Waals surface area contributed by atoms with Gasteiger partial charge in [0.05, 0.1) is 11.2 Å². The number of hydrogen-bond acceptors (Lipinski definition) is 11. The number of rotatable bonds is 7. The summed E-state index contributed by atoms with van der Waals surface area (Å²) in [6, 6.07) is 0. The number of ether oxygens (including phenoxy) is 5. The predicted octanol–water partition coefficient (Wildman–Crippen LogP) is 2.13. The molecule has 5 rings (SSSR count). The maximum absolute atomic E-state index is 12.1. The Labute approximate surface area is 217 Å². The summed E-state index contributed by atoms with van der Waals surface area (Å²) in [5.41, 5.74) is -1.33. The topological polar surface area (TPSA) is 133 Å². The van der Waals surface area contributed by atoms with E-state index in [1.165, 1.54) is 27.7 Å². The fourth-order valence-electron chi connectivity index (χ4n) is 6.31. The first-order valence-electron chi connectivity index (χ1n) is 12.7. The van der Waals surface area contributed by atoms with Crippen LogP contribution in [0.5, 0.6) is 0 Å². The normalized spacial score (nSPS) is 39.0. The van der Waals surface area contributed by atoms with Gasteiger partial charge in [0, 0.05) is 38.4 Å². The van der Waals surface area contributed by atoms with Gasteiger partial charge in [-0.3, -0.25) is 19.2 Å². The molecule has 0 aromatic heterocycles. The number of carbonyl (C=O) groups excluding carboxylic acids is 4. The molecule has 0 amide bonds. The van der Waals surface area contributed by atoms with Crippen LogP contribution in [0.25, 0.3) is 0 Å². The Balaban J connectivity index is 1.61. The van der Waals surface area contributed by atoms with E-state index in [9.17, 15) is 19.2 Å². The summed E-state index contributed by atoms with van der Waals surface area (Å²) in [6.45, 7) is 12.7. The summed E-state index contributed by atoms with van der Waals surface area (Å²) >= 11 is 0. The van der Waals surface area contributed by atoms with Crippen LogP contribution in [0.4, 0.5) is 0 Å². The van der Waals surface area contributed by atoms with Crippen molar-refractivity contribution in [2.75, 3.05) is 6.61 Å². The quantitative estimate of drug-likeness (QED) is 0.276. The van der Waals surface area contributed by atoms with E-state index in [0.29, 0.717) is 19.3 Å². The lowest BCUT2D eigenvalue weighted by molar-refractivity contribution is -0.309. The first-order chi connectivity index (χ1) is 17.0. The molecule has 0 radical (unpaired) electrons. The molecule has 3 aliphatic carbocycles. The highest BCUT2D eigenvalue weighted by molar-refractivity contribution is 6.51. The van der Waals surface area contributed by atoms with Gasteiger partial charge >= 0.3 is 31.0 Å². The molecule has 0 spiro atoms. The number of hydrogen-bond donors (Lipinski definition) is 0. The van der Waals surface area contributed by atoms with E-state index in [1.54, 1.807) is 0 Å². The highest BCUT2D eigenvalue weighted by Crippen LogP contribution is 2.82. The summed E-state index contributed by atoms with van der Waals surface area (Å²) in [5.74, 6) is -2.43. The van der Waals surface area contributed by atoms with Gasteiger partial charge in [-0.2, -0.15) is 0 Å². The lowest BCUT2D eigenvalue weighted by Gasteiger charge is -2.74. The summed E-state index contributed by atoms with van der Waals surface area (Å²) in [7, 11) is -0.384. The lowest BCUT2D eigenvalue weighted by atomic mass is 9.23. The number of carbonyl (C=O) groups is 4. The minimum absolute atomic E-state index is 0.204. The Morgan fingerprint density at radius 3 is 1.65 bits per heavy atom. The molecule has 5 fully saturated rings. The van der Waals surface area contributed by atoms with Gasteiger partial charge in [-0.05, 0) is 47.0 Å². The minimum atomic E-state index is -1.15. The van der Waals surface area contributed by atoms with Gasteiger partial charge in [0.25, 0.3) is 0 Å². The van der Waals surface area contributed by atoms with Crippen LogP contribution >= 0.6 is 0 Å². The van der Waals surface area contributed by atoms with Gasteiger partial charge in [0.1, 0.15) is 18.8 Å². The first kappa shape index (κ1) is 27.8. The molecule has 5 atom stereocenters. The smallest absolute Gasteiger partial charge is 0.463 e. The summed E-state index contributed by atoms with van der Waals surface area (Å²) in [5, 5.41) is -0.204. The lowest BCUT2D eigenvalue weighted by Crippen LogP contribution is -2.75. The zero-order valence-electron chi connectivity index (χ0n) is 22.8. The van der Waals surface area contributed by atoms with Gasteiger partial charge in [-0.1, -0.05) is 0 Å². The van der Waals surface area contributed by atoms with E-state index in [2.05, 4.69) is 0 Å². The summed E-state index contributed by atoms with van der Waals surface area (Å²) in [4.78, 5) is 47.7. The van der Waals surface area contributed by atoms with E-state index in [4.69, 9.17) is 33.0 Å². The molecule has 5 aliphatic rings. The van der Waals surface area contributed by atoms with Crippen molar-refractivity contribution in [3.63, 3.8) is 0 Å². The third-order valence-electron chi connectivity index (χ3n) is 8.46. The molecule has 0 unspecified atom stereocenters. The third kappa shape index (κ3) is 4.88. The van der Waals surface area contributed by atoms with Crippen LogP contribution in [0.2, 0.25) is 5.31 Å². The summed E-state index contributed by atoms with van der Waals surface area (Å²) in [6.07, 6.45) is -2.90. The molecule has 2 heterocycles. The van der Waals surface area contributed by atoms with Crippen molar-refractivity contribution in [3.05, 3.63) is 0 Å². The van der Waals surface area contributed by atoms with Crippen molar-refractivity contribution in [3.8, 4) is 0 Å². The molecule has 3 saturated carbocycles. The monoisotopic (exact) mass is 524 g/mol. The van der Waals surface area contributed by atoms with E-state index < -0.39 is 71.0 Å². The fraction of sp³-hybridized carbons (Fsp3) is 0.840. The average molecular weight is 524 g/mol. The molecule has 206 valence electrons. The molecule has 12 heteroatoms. The third-order valence-corrected chi connectivity index (χ3v) is 8.46. The average Bonchev–Trinajstić information content (AvgIpc) is 2.88.